The Bertz CT molecular complexity index is 912. The summed E-state index contributed by atoms with van der Waals surface area (Å²) >= 11 is 0. The van der Waals surface area contributed by atoms with Crippen molar-refractivity contribution in [2.45, 2.75) is 26.0 Å². The first-order valence-corrected chi connectivity index (χ1v) is 9.15. The summed E-state index contributed by atoms with van der Waals surface area (Å²) in [6.45, 7) is 3.80. The van der Waals surface area contributed by atoms with E-state index in [1.165, 1.54) is 5.06 Å². The fourth-order valence-corrected chi connectivity index (χ4v) is 3.63. The summed E-state index contributed by atoms with van der Waals surface area (Å²) in [6, 6.07) is 14.9. The molecule has 3 atom stereocenters. The number of hydrogen-bond donors (Lipinski definition) is 0. The largest absolute Gasteiger partial charge is 0.464 e. The van der Waals surface area contributed by atoms with Gasteiger partial charge in [-0.05, 0) is 38.1 Å². The van der Waals surface area contributed by atoms with Gasteiger partial charge in [-0.2, -0.15) is 0 Å². The predicted octanol–water partition coefficient (Wildman–Crippen LogP) is 2.24. The standard InChI is InChI=1S/C21H20N2O5/c1-3-27-21(26)17-16-18(28-23(17)15-11-9-13(2)10-12-15)20(25)22(19(16)24)14-7-5-4-6-8-14/h4-12,16-18H,3H2,1-2H3/t16-,17+,18+/m0/s1. The second-order valence-corrected chi connectivity index (χ2v) is 6.76. The van der Waals surface area contributed by atoms with Gasteiger partial charge in [0.05, 0.1) is 18.0 Å². The van der Waals surface area contributed by atoms with E-state index in [1.807, 2.05) is 19.1 Å². The number of nitrogens with zero attached hydrogens (tertiary/aromatic N) is 2. The van der Waals surface area contributed by atoms with E-state index < -0.39 is 35.8 Å². The van der Waals surface area contributed by atoms with Crippen molar-refractivity contribution in [2.75, 3.05) is 16.6 Å². The highest BCUT2D eigenvalue weighted by molar-refractivity contribution is 6.24. The topological polar surface area (TPSA) is 76.2 Å². The maximum Gasteiger partial charge on any atom is 0.332 e. The van der Waals surface area contributed by atoms with Gasteiger partial charge in [-0.1, -0.05) is 35.9 Å². The Morgan fingerprint density at radius 2 is 1.68 bits per heavy atom. The maximum absolute atomic E-state index is 13.1. The Labute approximate surface area is 162 Å². The number of hydroxylamine groups is 1. The van der Waals surface area contributed by atoms with Crippen LogP contribution in [0.4, 0.5) is 11.4 Å². The summed E-state index contributed by atoms with van der Waals surface area (Å²) in [7, 11) is 0. The Kier molecular flexibility index (Phi) is 4.60. The van der Waals surface area contributed by atoms with Gasteiger partial charge in [0.1, 0.15) is 5.92 Å². The second-order valence-electron chi connectivity index (χ2n) is 6.76. The molecule has 0 aliphatic carbocycles. The Morgan fingerprint density at radius 1 is 1.00 bits per heavy atom. The molecule has 2 amide bonds. The number of para-hydroxylation sites is 1. The lowest BCUT2D eigenvalue weighted by atomic mass is 9.96. The number of imide groups is 1. The third-order valence-corrected chi connectivity index (χ3v) is 4.95. The van der Waals surface area contributed by atoms with Crippen LogP contribution in [-0.2, 0) is 24.0 Å². The lowest BCUT2D eigenvalue weighted by Gasteiger charge is -2.27. The van der Waals surface area contributed by atoms with Crippen LogP contribution in [0.15, 0.2) is 54.6 Å². The molecule has 2 heterocycles. The van der Waals surface area contributed by atoms with Crippen molar-refractivity contribution in [1.29, 1.82) is 0 Å². The van der Waals surface area contributed by atoms with E-state index in [0.29, 0.717) is 11.4 Å². The lowest BCUT2D eigenvalue weighted by Crippen LogP contribution is -2.45. The van der Waals surface area contributed by atoms with Crippen molar-refractivity contribution in [3.05, 3.63) is 60.2 Å². The summed E-state index contributed by atoms with van der Waals surface area (Å²) in [4.78, 5) is 45.7. The minimum atomic E-state index is -1.07. The zero-order valence-electron chi connectivity index (χ0n) is 15.6. The fourth-order valence-electron chi connectivity index (χ4n) is 3.63. The quantitative estimate of drug-likeness (QED) is 0.598. The van der Waals surface area contributed by atoms with Crippen LogP contribution < -0.4 is 9.96 Å². The number of hydrogen-bond acceptors (Lipinski definition) is 6. The van der Waals surface area contributed by atoms with Crippen LogP contribution >= 0.6 is 0 Å². The molecule has 2 aliphatic heterocycles. The summed E-state index contributed by atoms with van der Waals surface area (Å²) in [6.07, 6.45) is -1.07. The van der Waals surface area contributed by atoms with Gasteiger partial charge in [-0.15, -0.1) is 0 Å². The first-order valence-electron chi connectivity index (χ1n) is 9.15. The number of benzene rings is 2. The normalized spacial score (nSPS) is 23.9. The van der Waals surface area contributed by atoms with E-state index in [1.54, 1.807) is 49.4 Å². The fraction of sp³-hybridized carbons (Fsp3) is 0.286. The highest BCUT2D eigenvalue weighted by atomic mass is 16.7. The van der Waals surface area contributed by atoms with E-state index in [2.05, 4.69) is 0 Å². The van der Waals surface area contributed by atoms with Crippen LogP contribution in [-0.4, -0.2) is 36.5 Å². The molecule has 0 N–H and O–H groups in total. The molecule has 144 valence electrons. The van der Waals surface area contributed by atoms with Crippen molar-refractivity contribution in [3.8, 4) is 0 Å². The first-order chi connectivity index (χ1) is 13.5. The van der Waals surface area contributed by atoms with Crippen LogP contribution in [0.2, 0.25) is 0 Å². The van der Waals surface area contributed by atoms with Crippen LogP contribution in [0.25, 0.3) is 0 Å². The van der Waals surface area contributed by atoms with Gasteiger partial charge in [0, 0.05) is 0 Å². The zero-order valence-corrected chi connectivity index (χ0v) is 15.6. The van der Waals surface area contributed by atoms with Gasteiger partial charge in [0.15, 0.2) is 12.1 Å². The first kappa shape index (κ1) is 18.2. The number of anilines is 2. The van der Waals surface area contributed by atoms with Crippen LogP contribution in [0.5, 0.6) is 0 Å². The summed E-state index contributed by atoms with van der Waals surface area (Å²) in [5.41, 5.74) is 2.09. The van der Waals surface area contributed by atoms with Crippen LogP contribution in [0.1, 0.15) is 12.5 Å². The van der Waals surface area contributed by atoms with Crippen molar-refractivity contribution in [1.82, 2.24) is 0 Å². The van der Waals surface area contributed by atoms with Crippen molar-refractivity contribution in [3.63, 3.8) is 0 Å². The number of fused-ring (bicyclic) bond motifs is 1. The van der Waals surface area contributed by atoms with Crippen LogP contribution in [0.3, 0.4) is 0 Å². The van der Waals surface area contributed by atoms with E-state index in [4.69, 9.17) is 9.57 Å². The Morgan fingerprint density at radius 3 is 2.32 bits per heavy atom. The van der Waals surface area contributed by atoms with E-state index in [0.717, 1.165) is 10.5 Å². The summed E-state index contributed by atoms with van der Waals surface area (Å²) in [5, 5.41) is 1.34. The average Bonchev–Trinajstić information content (AvgIpc) is 3.20. The summed E-state index contributed by atoms with van der Waals surface area (Å²) < 4.78 is 5.19. The molecule has 0 radical (unpaired) electrons. The van der Waals surface area contributed by atoms with Gasteiger partial charge in [0.25, 0.3) is 5.91 Å². The minimum absolute atomic E-state index is 0.166. The SMILES string of the molecule is CCOC(=O)[C@H]1[C@@H]2C(=O)N(c3ccccc3)C(=O)[C@@H]2ON1c1ccc(C)cc1. The number of aryl methyl sites for hydroxylation is 1. The maximum atomic E-state index is 13.1. The molecule has 2 saturated heterocycles. The van der Waals surface area contributed by atoms with Gasteiger partial charge in [-0.25, -0.2) is 14.8 Å². The summed E-state index contributed by atoms with van der Waals surface area (Å²) in [5.74, 6) is -2.50. The molecule has 2 aliphatic rings. The molecule has 28 heavy (non-hydrogen) atoms. The molecule has 2 aromatic carbocycles. The number of carbonyl (C=O) groups excluding carboxylic acids is 3. The molecule has 4 rings (SSSR count). The number of rotatable bonds is 4. The molecule has 0 aromatic heterocycles. The van der Waals surface area contributed by atoms with Crippen molar-refractivity contribution < 1.29 is 24.0 Å². The molecule has 7 nitrogen and oxygen atoms in total. The van der Waals surface area contributed by atoms with Gasteiger partial charge >= 0.3 is 5.97 Å². The van der Waals surface area contributed by atoms with Crippen molar-refractivity contribution >= 4 is 29.2 Å². The molecule has 0 unspecified atom stereocenters. The highest BCUT2D eigenvalue weighted by Crippen LogP contribution is 2.40. The average molecular weight is 380 g/mol. The van der Waals surface area contributed by atoms with E-state index in [9.17, 15) is 14.4 Å². The third kappa shape index (κ3) is 2.84. The molecular weight excluding hydrogens is 360 g/mol. The predicted molar refractivity (Wildman–Crippen MR) is 101 cm³/mol. The molecule has 7 heteroatoms. The zero-order chi connectivity index (χ0) is 19.8. The van der Waals surface area contributed by atoms with E-state index in [-0.39, 0.29) is 6.61 Å². The number of carbonyl (C=O) groups is 3. The molecule has 0 saturated carbocycles. The van der Waals surface area contributed by atoms with Gasteiger partial charge < -0.3 is 4.74 Å². The molecular formula is C21H20N2O5. The number of esters is 1. The lowest BCUT2D eigenvalue weighted by molar-refractivity contribution is -0.147. The highest BCUT2D eigenvalue weighted by Gasteiger charge is 2.62. The van der Waals surface area contributed by atoms with E-state index >= 15 is 0 Å². The third-order valence-electron chi connectivity index (χ3n) is 4.95. The molecule has 0 bridgehead atoms. The second kappa shape index (κ2) is 7.09. The van der Waals surface area contributed by atoms with Gasteiger partial charge in [0.2, 0.25) is 5.91 Å². The Hall–Kier alpha value is -3.19. The molecule has 2 fully saturated rings. The van der Waals surface area contributed by atoms with Crippen molar-refractivity contribution in [2.24, 2.45) is 5.92 Å². The van der Waals surface area contributed by atoms with Gasteiger partial charge in [-0.3, -0.25) is 14.4 Å². The Balaban J connectivity index is 1.72. The number of amides is 2. The number of ether oxygens (including phenoxy) is 1. The molecule has 0 spiro atoms. The van der Waals surface area contributed by atoms with Crippen LogP contribution in [0, 0.1) is 12.8 Å². The minimum Gasteiger partial charge on any atom is -0.464 e. The molecule has 2 aromatic rings. The monoisotopic (exact) mass is 380 g/mol. The smallest absolute Gasteiger partial charge is 0.332 e.